The van der Waals surface area contributed by atoms with E-state index < -0.39 is 0 Å². The zero-order valence-corrected chi connectivity index (χ0v) is 14.4. The lowest BCUT2D eigenvalue weighted by atomic mass is 10.1. The Labute approximate surface area is 151 Å². The van der Waals surface area contributed by atoms with Crippen LogP contribution in [0.4, 0.5) is 0 Å². The van der Waals surface area contributed by atoms with Crippen LogP contribution in [0.2, 0.25) is 0 Å². The van der Waals surface area contributed by atoms with Crippen molar-refractivity contribution in [1.29, 1.82) is 0 Å². The van der Waals surface area contributed by atoms with E-state index in [0.717, 1.165) is 11.1 Å². The molecule has 0 fully saturated rings. The summed E-state index contributed by atoms with van der Waals surface area (Å²) in [4.78, 5) is 23.9. The first kappa shape index (κ1) is 17.5. The summed E-state index contributed by atoms with van der Waals surface area (Å²) in [6, 6.07) is 20.0. The predicted molar refractivity (Wildman–Crippen MR) is 97.7 cm³/mol. The number of nitrogens with one attached hydrogen (secondary N) is 1. The van der Waals surface area contributed by atoms with Gasteiger partial charge in [0.2, 0.25) is 0 Å². The number of ether oxygens (including phenoxy) is 1. The van der Waals surface area contributed by atoms with Crippen molar-refractivity contribution in [1.82, 2.24) is 5.32 Å². The van der Waals surface area contributed by atoms with Gasteiger partial charge in [0.15, 0.2) is 5.76 Å². The SMILES string of the molecule is CCOC(=O)c1ccc(CNC(=O)c2ccc(-c3ccccc3)o2)cc1. The minimum absolute atomic E-state index is 0.256. The summed E-state index contributed by atoms with van der Waals surface area (Å²) in [5, 5.41) is 2.81. The Morgan fingerprint density at radius 2 is 1.69 bits per heavy atom. The number of hydrogen-bond donors (Lipinski definition) is 1. The van der Waals surface area contributed by atoms with Crippen molar-refractivity contribution in [3.63, 3.8) is 0 Å². The molecule has 0 aliphatic heterocycles. The van der Waals surface area contributed by atoms with E-state index in [0.29, 0.717) is 24.5 Å². The standard InChI is InChI=1S/C21H19NO4/c1-2-25-21(24)17-10-8-15(9-11-17)14-22-20(23)19-13-12-18(26-19)16-6-4-3-5-7-16/h3-13H,2,14H2,1H3,(H,22,23). The van der Waals surface area contributed by atoms with Gasteiger partial charge in [-0.05, 0) is 36.8 Å². The fraction of sp³-hybridized carbons (Fsp3) is 0.143. The second-order valence-corrected chi connectivity index (χ2v) is 5.63. The Balaban J connectivity index is 1.59. The first-order chi connectivity index (χ1) is 12.7. The Morgan fingerprint density at radius 1 is 0.962 bits per heavy atom. The Kier molecular flexibility index (Phi) is 5.49. The number of rotatable bonds is 6. The van der Waals surface area contributed by atoms with Crippen LogP contribution < -0.4 is 5.32 Å². The zero-order chi connectivity index (χ0) is 18.4. The number of amides is 1. The number of esters is 1. The third-order valence-corrected chi connectivity index (χ3v) is 3.81. The van der Waals surface area contributed by atoms with Crippen LogP contribution in [0.5, 0.6) is 0 Å². The molecule has 1 aromatic heterocycles. The van der Waals surface area contributed by atoms with E-state index in [2.05, 4.69) is 5.32 Å². The Hall–Kier alpha value is -3.34. The Bertz CT molecular complexity index is 882. The molecule has 26 heavy (non-hydrogen) atoms. The van der Waals surface area contributed by atoms with E-state index in [1.165, 1.54) is 0 Å². The van der Waals surface area contributed by atoms with Gasteiger partial charge in [0, 0.05) is 12.1 Å². The quantitative estimate of drug-likeness (QED) is 0.682. The molecule has 2 aromatic carbocycles. The Morgan fingerprint density at radius 3 is 2.38 bits per heavy atom. The van der Waals surface area contributed by atoms with Crippen LogP contribution in [0.25, 0.3) is 11.3 Å². The summed E-state index contributed by atoms with van der Waals surface area (Å²) in [7, 11) is 0. The molecule has 5 nitrogen and oxygen atoms in total. The first-order valence-corrected chi connectivity index (χ1v) is 8.37. The maximum absolute atomic E-state index is 12.2. The van der Waals surface area contributed by atoms with Crippen molar-refractivity contribution < 1.29 is 18.7 Å². The minimum Gasteiger partial charge on any atom is -0.462 e. The zero-order valence-electron chi connectivity index (χ0n) is 14.4. The molecular formula is C21H19NO4. The highest BCUT2D eigenvalue weighted by atomic mass is 16.5. The van der Waals surface area contributed by atoms with Gasteiger partial charge >= 0.3 is 5.97 Å². The summed E-state index contributed by atoms with van der Waals surface area (Å²) >= 11 is 0. The van der Waals surface area contributed by atoms with Gasteiger partial charge in [-0.3, -0.25) is 4.79 Å². The minimum atomic E-state index is -0.355. The first-order valence-electron chi connectivity index (χ1n) is 8.37. The molecule has 0 atom stereocenters. The van der Waals surface area contributed by atoms with Crippen molar-refractivity contribution in [3.05, 3.63) is 83.6 Å². The van der Waals surface area contributed by atoms with E-state index in [-0.39, 0.29) is 17.6 Å². The molecule has 0 saturated carbocycles. The number of hydrogen-bond acceptors (Lipinski definition) is 4. The van der Waals surface area contributed by atoms with Crippen molar-refractivity contribution >= 4 is 11.9 Å². The maximum atomic E-state index is 12.2. The molecule has 0 bridgehead atoms. The van der Waals surface area contributed by atoms with Gasteiger partial charge in [0.05, 0.1) is 12.2 Å². The largest absolute Gasteiger partial charge is 0.462 e. The van der Waals surface area contributed by atoms with Crippen molar-refractivity contribution in [2.45, 2.75) is 13.5 Å². The molecule has 0 saturated heterocycles. The van der Waals surface area contributed by atoms with Gasteiger partial charge < -0.3 is 14.5 Å². The topological polar surface area (TPSA) is 68.5 Å². The van der Waals surface area contributed by atoms with Crippen LogP contribution in [0, 0.1) is 0 Å². The fourth-order valence-corrected chi connectivity index (χ4v) is 2.46. The number of carbonyl (C=O) groups is 2. The van der Waals surface area contributed by atoms with Crippen LogP contribution >= 0.6 is 0 Å². The molecule has 0 spiro atoms. The molecule has 0 aliphatic carbocycles. The number of carbonyl (C=O) groups excluding carboxylic acids is 2. The summed E-state index contributed by atoms with van der Waals surface area (Å²) in [5.41, 5.74) is 2.28. The summed E-state index contributed by atoms with van der Waals surface area (Å²) in [6.07, 6.45) is 0. The number of benzene rings is 2. The molecule has 1 N–H and O–H groups in total. The molecular weight excluding hydrogens is 330 g/mol. The maximum Gasteiger partial charge on any atom is 0.338 e. The molecule has 0 aliphatic rings. The highest BCUT2D eigenvalue weighted by Gasteiger charge is 2.12. The normalized spacial score (nSPS) is 10.3. The van der Waals surface area contributed by atoms with E-state index in [4.69, 9.17) is 9.15 Å². The average Bonchev–Trinajstić information content (AvgIpc) is 3.18. The fourth-order valence-electron chi connectivity index (χ4n) is 2.46. The molecule has 5 heteroatoms. The highest BCUT2D eigenvalue weighted by molar-refractivity contribution is 5.92. The third-order valence-electron chi connectivity index (χ3n) is 3.81. The van der Waals surface area contributed by atoms with Crippen LogP contribution in [0.1, 0.15) is 33.4 Å². The second kappa shape index (κ2) is 8.16. The van der Waals surface area contributed by atoms with Crippen molar-refractivity contribution in [2.75, 3.05) is 6.61 Å². The number of furan rings is 1. The lowest BCUT2D eigenvalue weighted by molar-refractivity contribution is 0.0526. The van der Waals surface area contributed by atoms with Gasteiger partial charge in [0.1, 0.15) is 5.76 Å². The lowest BCUT2D eigenvalue weighted by Gasteiger charge is -2.05. The van der Waals surface area contributed by atoms with E-state index in [1.807, 2.05) is 30.3 Å². The van der Waals surface area contributed by atoms with Gasteiger partial charge in [-0.15, -0.1) is 0 Å². The van der Waals surface area contributed by atoms with Crippen LogP contribution in [0.3, 0.4) is 0 Å². The monoisotopic (exact) mass is 349 g/mol. The predicted octanol–water partition coefficient (Wildman–Crippen LogP) is 4.05. The molecule has 3 rings (SSSR count). The van der Waals surface area contributed by atoms with Gasteiger partial charge in [-0.25, -0.2) is 4.79 Å². The summed E-state index contributed by atoms with van der Waals surface area (Å²) in [5.74, 6) is 0.260. The third kappa shape index (κ3) is 4.19. The van der Waals surface area contributed by atoms with Crippen LogP contribution in [-0.2, 0) is 11.3 Å². The lowest BCUT2D eigenvalue weighted by Crippen LogP contribution is -2.22. The molecule has 1 heterocycles. The molecule has 3 aromatic rings. The average molecular weight is 349 g/mol. The van der Waals surface area contributed by atoms with Gasteiger partial charge in [-0.1, -0.05) is 42.5 Å². The molecule has 1 amide bonds. The van der Waals surface area contributed by atoms with Crippen molar-refractivity contribution in [2.24, 2.45) is 0 Å². The van der Waals surface area contributed by atoms with E-state index in [9.17, 15) is 9.59 Å². The van der Waals surface area contributed by atoms with Crippen LogP contribution in [0.15, 0.2) is 71.1 Å². The second-order valence-electron chi connectivity index (χ2n) is 5.63. The van der Waals surface area contributed by atoms with Crippen molar-refractivity contribution in [3.8, 4) is 11.3 Å². The van der Waals surface area contributed by atoms with Gasteiger partial charge in [-0.2, -0.15) is 0 Å². The van der Waals surface area contributed by atoms with E-state index >= 15 is 0 Å². The summed E-state index contributed by atoms with van der Waals surface area (Å²) in [6.45, 7) is 2.44. The molecule has 0 radical (unpaired) electrons. The molecule has 132 valence electrons. The highest BCUT2D eigenvalue weighted by Crippen LogP contribution is 2.21. The molecule has 0 unspecified atom stereocenters. The van der Waals surface area contributed by atoms with Gasteiger partial charge in [0.25, 0.3) is 5.91 Å². The van der Waals surface area contributed by atoms with E-state index in [1.54, 1.807) is 43.3 Å². The smallest absolute Gasteiger partial charge is 0.338 e. The van der Waals surface area contributed by atoms with Crippen LogP contribution in [-0.4, -0.2) is 18.5 Å². The summed E-state index contributed by atoms with van der Waals surface area (Å²) < 4.78 is 10.6.